The molecule has 1 atom stereocenters. The maximum absolute atomic E-state index is 10.8. The van der Waals surface area contributed by atoms with E-state index in [1.54, 1.807) is 0 Å². The average Bonchev–Trinajstić information content (AvgIpc) is 2.39. The zero-order chi connectivity index (χ0) is 16.4. The summed E-state index contributed by atoms with van der Waals surface area (Å²) in [5.41, 5.74) is 0.755. The highest BCUT2D eigenvalue weighted by atomic mass is 127. The zero-order valence-electron chi connectivity index (χ0n) is 10.9. The Labute approximate surface area is 182 Å². The van der Waals surface area contributed by atoms with Crippen molar-refractivity contribution in [3.05, 3.63) is 46.0 Å². The Hall–Kier alpha value is 0.690. The van der Waals surface area contributed by atoms with Crippen LogP contribution in [0.4, 0.5) is 0 Å². The number of halogens is 4. The monoisotopic (exact) mass is 750 g/mol. The Morgan fingerprint density at radius 2 is 1.86 bits per heavy atom. The number of hydrogen-bond donors (Lipinski definition) is 2. The summed E-state index contributed by atoms with van der Waals surface area (Å²) in [6.45, 7) is 0. The summed E-state index contributed by atoms with van der Waals surface area (Å²) < 4.78 is 8.55. The molecule has 0 fully saturated rings. The van der Waals surface area contributed by atoms with Crippen LogP contribution in [0.5, 0.6) is 5.75 Å². The molecule has 0 aromatic heterocycles. The van der Waals surface area contributed by atoms with Crippen molar-refractivity contribution in [1.82, 2.24) is 0 Å². The summed E-state index contributed by atoms with van der Waals surface area (Å²) in [6, 6.07) is 3.66. The van der Waals surface area contributed by atoms with Crippen LogP contribution in [0.15, 0.2) is 33.3 Å². The molecule has 1 aliphatic rings. The molecule has 1 aromatic carbocycles. The molecule has 0 heterocycles. The molecule has 0 unspecified atom stereocenters. The molecular formula is C14H10I4O4. The van der Waals surface area contributed by atoms with Crippen LogP contribution >= 0.6 is 90.4 Å². The third kappa shape index (κ3) is 4.84. The maximum atomic E-state index is 10.8. The molecule has 1 aromatic rings. The topological polar surface area (TPSA) is 66.8 Å². The Morgan fingerprint density at radius 3 is 2.36 bits per heavy atom. The van der Waals surface area contributed by atoms with E-state index in [-0.39, 0.29) is 10.3 Å². The molecule has 0 bridgehead atoms. The highest BCUT2D eigenvalue weighted by molar-refractivity contribution is 14.1. The van der Waals surface area contributed by atoms with Crippen LogP contribution in [0.2, 0.25) is 0 Å². The number of allylic oxidation sites excluding steroid dienone is 4. The van der Waals surface area contributed by atoms with E-state index >= 15 is 0 Å². The van der Waals surface area contributed by atoms with E-state index in [9.17, 15) is 9.90 Å². The van der Waals surface area contributed by atoms with E-state index in [2.05, 4.69) is 90.4 Å². The molecular weight excluding hydrogens is 740 g/mol. The second-order valence-corrected chi connectivity index (χ2v) is 9.57. The van der Waals surface area contributed by atoms with Gasteiger partial charge in [0.05, 0.1) is 21.1 Å². The molecule has 8 heteroatoms. The van der Waals surface area contributed by atoms with Gasteiger partial charge in [-0.1, -0.05) is 22.6 Å². The molecule has 118 valence electrons. The molecule has 0 saturated carbocycles. The molecule has 2 N–H and O–H groups in total. The fraction of sp³-hybridized carbons (Fsp3) is 0.214. The van der Waals surface area contributed by atoms with Gasteiger partial charge in [0, 0.05) is 6.42 Å². The van der Waals surface area contributed by atoms with Gasteiger partial charge in [-0.15, -0.1) is 0 Å². The predicted molar refractivity (Wildman–Crippen MR) is 118 cm³/mol. The minimum absolute atomic E-state index is 0.000682. The number of alkyl halides is 1. The lowest BCUT2D eigenvalue weighted by molar-refractivity contribution is -0.136. The number of carbonyl (C=O) groups is 1. The quantitative estimate of drug-likeness (QED) is 0.329. The van der Waals surface area contributed by atoms with E-state index in [4.69, 9.17) is 9.84 Å². The van der Waals surface area contributed by atoms with Gasteiger partial charge in [-0.25, -0.2) is 0 Å². The maximum Gasteiger partial charge on any atom is 0.307 e. The first kappa shape index (κ1) is 19.0. The van der Waals surface area contributed by atoms with E-state index in [0.29, 0.717) is 12.2 Å². The Balaban J connectivity index is 2.28. The van der Waals surface area contributed by atoms with Crippen molar-refractivity contribution in [3.8, 4) is 5.75 Å². The Morgan fingerprint density at radius 1 is 1.27 bits per heavy atom. The van der Waals surface area contributed by atoms with Gasteiger partial charge in [-0.2, -0.15) is 0 Å². The smallest absolute Gasteiger partial charge is 0.307 e. The fourth-order valence-electron chi connectivity index (χ4n) is 1.89. The summed E-state index contributed by atoms with van der Waals surface area (Å²) in [5, 5.41) is 18.8. The zero-order valence-corrected chi connectivity index (χ0v) is 19.6. The first-order valence-electron chi connectivity index (χ1n) is 6.08. The minimum Gasteiger partial charge on any atom is -0.510 e. The van der Waals surface area contributed by atoms with Crippen molar-refractivity contribution < 1.29 is 19.7 Å². The molecule has 4 nitrogen and oxygen atoms in total. The fourth-order valence-corrected chi connectivity index (χ4v) is 6.09. The predicted octanol–water partition coefficient (Wildman–Crippen LogP) is 5.20. The van der Waals surface area contributed by atoms with Crippen molar-refractivity contribution in [2.24, 2.45) is 0 Å². The molecule has 2 rings (SSSR count). The van der Waals surface area contributed by atoms with Crippen molar-refractivity contribution in [3.63, 3.8) is 0 Å². The van der Waals surface area contributed by atoms with Gasteiger partial charge >= 0.3 is 5.97 Å². The lowest BCUT2D eigenvalue weighted by Gasteiger charge is -2.20. The van der Waals surface area contributed by atoms with Crippen molar-refractivity contribution in [2.75, 3.05) is 0 Å². The van der Waals surface area contributed by atoms with Crippen molar-refractivity contribution in [1.29, 1.82) is 0 Å². The van der Waals surface area contributed by atoms with Gasteiger partial charge in [0.2, 0.25) is 0 Å². The molecule has 0 saturated heterocycles. The summed E-state index contributed by atoms with van der Waals surface area (Å²) in [6.07, 6.45) is 2.46. The number of aliphatic hydroxyl groups excluding tert-OH is 1. The summed E-state index contributed by atoms with van der Waals surface area (Å²) in [4.78, 5) is 10.8. The number of rotatable bonds is 4. The van der Waals surface area contributed by atoms with Gasteiger partial charge in [0.1, 0.15) is 11.5 Å². The summed E-state index contributed by atoms with van der Waals surface area (Å²) in [5.74, 6) is 1.06. The van der Waals surface area contributed by atoms with Gasteiger partial charge in [-0.3, -0.25) is 4.79 Å². The molecule has 1 aliphatic carbocycles. The SMILES string of the molecule is O=C(O)Cc1cc(I)c(OC2=CC(I)=C(O)[C@@H](I)C2)c(I)c1. The van der Waals surface area contributed by atoms with Gasteiger partial charge in [0.25, 0.3) is 0 Å². The van der Waals surface area contributed by atoms with E-state index in [1.165, 1.54) is 0 Å². The molecule has 0 spiro atoms. The van der Waals surface area contributed by atoms with Gasteiger partial charge in [-0.05, 0) is 91.5 Å². The van der Waals surface area contributed by atoms with E-state index in [1.807, 2.05) is 18.2 Å². The van der Waals surface area contributed by atoms with E-state index < -0.39 is 5.97 Å². The van der Waals surface area contributed by atoms with Crippen LogP contribution in [-0.4, -0.2) is 20.1 Å². The first-order chi connectivity index (χ1) is 10.3. The second kappa shape index (κ2) is 8.18. The normalized spacial score (nSPS) is 18.2. The molecule has 0 radical (unpaired) electrons. The molecule has 0 amide bonds. The van der Waals surface area contributed by atoms with Crippen LogP contribution in [0, 0.1) is 7.14 Å². The first-order valence-corrected chi connectivity index (χ1v) is 10.6. The van der Waals surface area contributed by atoms with Crippen LogP contribution in [0.1, 0.15) is 12.0 Å². The van der Waals surface area contributed by atoms with Crippen LogP contribution in [0.3, 0.4) is 0 Å². The number of benzene rings is 1. The third-order valence-corrected chi connectivity index (χ3v) is 6.35. The number of carboxylic acid groups (broad SMARTS) is 1. The van der Waals surface area contributed by atoms with Crippen molar-refractivity contribution in [2.45, 2.75) is 16.8 Å². The van der Waals surface area contributed by atoms with Crippen molar-refractivity contribution >= 4 is 96.3 Å². The largest absolute Gasteiger partial charge is 0.510 e. The number of aliphatic hydroxyl groups is 1. The summed E-state index contributed by atoms with van der Waals surface area (Å²) >= 11 is 8.59. The average molecular weight is 750 g/mol. The number of carboxylic acids is 1. The number of ether oxygens (including phenoxy) is 1. The highest BCUT2D eigenvalue weighted by Gasteiger charge is 2.22. The van der Waals surface area contributed by atoms with Gasteiger partial charge in [0.15, 0.2) is 5.75 Å². The Bertz CT molecular complexity index is 658. The lowest BCUT2D eigenvalue weighted by atomic mass is 10.1. The number of aliphatic carboxylic acids is 1. The van der Waals surface area contributed by atoms with E-state index in [0.717, 1.165) is 27.8 Å². The summed E-state index contributed by atoms with van der Waals surface area (Å²) in [7, 11) is 0. The van der Waals surface area contributed by atoms with Crippen LogP contribution < -0.4 is 4.74 Å². The van der Waals surface area contributed by atoms with Gasteiger partial charge < -0.3 is 14.9 Å². The minimum atomic E-state index is -0.849. The lowest BCUT2D eigenvalue weighted by Crippen LogP contribution is -2.13. The van der Waals surface area contributed by atoms with Crippen LogP contribution in [0.25, 0.3) is 0 Å². The number of hydrogen-bond acceptors (Lipinski definition) is 3. The third-order valence-electron chi connectivity index (χ3n) is 2.86. The Kier molecular flexibility index (Phi) is 7.07. The molecule has 0 aliphatic heterocycles. The standard InChI is InChI=1S/C14H10I4O4/c15-8-4-7(5-9(16)13(8)21)22-14-10(17)1-6(2-11(14)18)3-12(19)20/h1-2,4,9,21H,3,5H2,(H,19,20)/t9-/m0/s1. The van der Waals surface area contributed by atoms with Crippen LogP contribution in [-0.2, 0) is 11.2 Å². The second-order valence-electron chi connectivity index (χ2n) is 4.58. The molecule has 22 heavy (non-hydrogen) atoms. The highest BCUT2D eigenvalue weighted by Crippen LogP contribution is 2.36.